The van der Waals surface area contributed by atoms with Crippen LogP contribution in [0, 0.1) is 0 Å². The highest BCUT2D eigenvalue weighted by Gasteiger charge is 2.51. The van der Waals surface area contributed by atoms with Crippen LogP contribution < -0.4 is 5.46 Å². The molecule has 1 aromatic carbocycles. The molecule has 0 spiro atoms. The van der Waals surface area contributed by atoms with Crippen LogP contribution in [-0.2, 0) is 9.31 Å². The Kier molecular flexibility index (Phi) is 4.03. The Balaban J connectivity index is 1.72. The van der Waals surface area contributed by atoms with Gasteiger partial charge in [0.05, 0.1) is 17.3 Å². The van der Waals surface area contributed by atoms with Crippen molar-refractivity contribution < 1.29 is 19.2 Å². The van der Waals surface area contributed by atoms with Crippen LogP contribution in [0.3, 0.4) is 0 Å². The highest BCUT2D eigenvalue weighted by molar-refractivity contribution is 6.62. The van der Waals surface area contributed by atoms with E-state index >= 15 is 0 Å². The van der Waals surface area contributed by atoms with Crippen molar-refractivity contribution in [1.82, 2.24) is 4.90 Å². The van der Waals surface area contributed by atoms with Gasteiger partial charge in [0.1, 0.15) is 0 Å². The first kappa shape index (κ1) is 16.5. The predicted molar refractivity (Wildman–Crippen MR) is 88.7 cm³/mol. The first-order valence-electron chi connectivity index (χ1n) is 8.12. The summed E-state index contributed by atoms with van der Waals surface area (Å²) in [4.78, 5) is 14.1. The third-order valence-electron chi connectivity index (χ3n) is 5.13. The lowest BCUT2D eigenvalue weighted by molar-refractivity contribution is 0.00578. The second kappa shape index (κ2) is 5.62. The van der Waals surface area contributed by atoms with Gasteiger partial charge in [0.15, 0.2) is 0 Å². The van der Waals surface area contributed by atoms with Crippen molar-refractivity contribution in [1.29, 1.82) is 0 Å². The molecule has 2 saturated heterocycles. The standard InChI is InChI=1S/C17H24BNO4/c1-16(2)17(3,4)23-18(22-16)13-7-5-12(6-8-13)15(21)19-10-9-14(20)11-19/h5-8,14,20H,9-11H2,1-4H3. The van der Waals surface area contributed by atoms with Crippen molar-refractivity contribution in [2.75, 3.05) is 13.1 Å². The van der Waals surface area contributed by atoms with Gasteiger partial charge >= 0.3 is 7.12 Å². The van der Waals surface area contributed by atoms with E-state index in [4.69, 9.17) is 9.31 Å². The van der Waals surface area contributed by atoms with Crippen LogP contribution >= 0.6 is 0 Å². The summed E-state index contributed by atoms with van der Waals surface area (Å²) in [6.07, 6.45) is 0.251. The Morgan fingerprint density at radius 1 is 1.17 bits per heavy atom. The van der Waals surface area contributed by atoms with E-state index in [9.17, 15) is 9.90 Å². The number of hydrogen-bond acceptors (Lipinski definition) is 4. The van der Waals surface area contributed by atoms with Crippen molar-refractivity contribution in [3.05, 3.63) is 29.8 Å². The molecule has 1 N–H and O–H groups in total. The number of carbonyl (C=O) groups is 1. The number of aliphatic hydroxyl groups is 1. The second-order valence-electron chi connectivity index (χ2n) is 7.40. The summed E-state index contributed by atoms with van der Waals surface area (Å²) >= 11 is 0. The molecular formula is C17H24BNO4. The number of carbonyl (C=O) groups excluding carboxylic acids is 1. The Bertz CT molecular complexity index is 583. The Hall–Kier alpha value is -1.37. The van der Waals surface area contributed by atoms with Crippen LogP contribution in [0.25, 0.3) is 0 Å². The van der Waals surface area contributed by atoms with Crippen molar-refractivity contribution in [3.8, 4) is 0 Å². The molecule has 1 atom stereocenters. The molecule has 1 aromatic rings. The maximum Gasteiger partial charge on any atom is 0.494 e. The SMILES string of the molecule is CC1(C)OB(c2ccc(C(=O)N3CCC(O)C3)cc2)OC1(C)C. The molecule has 2 fully saturated rings. The molecule has 2 heterocycles. The molecule has 0 bridgehead atoms. The second-order valence-corrected chi connectivity index (χ2v) is 7.40. The van der Waals surface area contributed by atoms with Gasteiger partial charge in [-0.05, 0) is 51.7 Å². The number of benzene rings is 1. The summed E-state index contributed by atoms with van der Waals surface area (Å²) in [6, 6.07) is 7.35. The van der Waals surface area contributed by atoms with Gasteiger partial charge < -0.3 is 19.3 Å². The molecule has 0 saturated carbocycles. The van der Waals surface area contributed by atoms with Gasteiger partial charge in [-0.15, -0.1) is 0 Å². The molecule has 5 nitrogen and oxygen atoms in total. The lowest BCUT2D eigenvalue weighted by Crippen LogP contribution is -2.41. The minimum absolute atomic E-state index is 0.0398. The molecule has 0 aromatic heterocycles. The largest absolute Gasteiger partial charge is 0.494 e. The number of hydrogen-bond donors (Lipinski definition) is 1. The zero-order valence-electron chi connectivity index (χ0n) is 14.2. The van der Waals surface area contributed by atoms with Crippen LogP contribution in [-0.4, -0.2) is 53.4 Å². The minimum atomic E-state index is -0.419. The summed E-state index contributed by atoms with van der Waals surface area (Å²) in [5.74, 6) is -0.0398. The zero-order valence-corrected chi connectivity index (χ0v) is 14.2. The van der Waals surface area contributed by atoms with Gasteiger partial charge in [-0.25, -0.2) is 0 Å². The van der Waals surface area contributed by atoms with Crippen LogP contribution in [0.2, 0.25) is 0 Å². The molecule has 2 aliphatic heterocycles. The molecule has 1 unspecified atom stereocenters. The molecule has 3 rings (SSSR count). The monoisotopic (exact) mass is 317 g/mol. The van der Waals surface area contributed by atoms with Crippen LogP contribution in [0.4, 0.5) is 0 Å². The van der Waals surface area contributed by atoms with Crippen molar-refractivity contribution in [2.24, 2.45) is 0 Å². The molecule has 0 radical (unpaired) electrons. The Morgan fingerprint density at radius 2 is 1.74 bits per heavy atom. The summed E-state index contributed by atoms with van der Waals surface area (Å²) in [5.41, 5.74) is 0.774. The van der Waals surface area contributed by atoms with Crippen LogP contribution in [0.5, 0.6) is 0 Å². The smallest absolute Gasteiger partial charge is 0.399 e. The minimum Gasteiger partial charge on any atom is -0.399 e. The molecule has 1 amide bonds. The van der Waals surface area contributed by atoms with E-state index in [-0.39, 0.29) is 17.1 Å². The fraction of sp³-hybridized carbons (Fsp3) is 0.588. The molecular weight excluding hydrogens is 293 g/mol. The molecule has 2 aliphatic rings. The van der Waals surface area contributed by atoms with Crippen molar-refractivity contribution in [2.45, 2.75) is 51.4 Å². The fourth-order valence-electron chi connectivity index (χ4n) is 2.87. The van der Waals surface area contributed by atoms with Gasteiger partial charge in [0.25, 0.3) is 5.91 Å². The predicted octanol–water partition coefficient (Wildman–Crippen LogP) is 1.19. The van der Waals surface area contributed by atoms with E-state index in [1.807, 2.05) is 39.8 Å². The summed E-state index contributed by atoms with van der Waals surface area (Å²) < 4.78 is 12.0. The Morgan fingerprint density at radius 3 is 2.22 bits per heavy atom. The molecule has 0 aliphatic carbocycles. The van der Waals surface area contributed by atoms with Gasteiger partial charge in [-0.2, -0.15) is 0 Å². The number of rotatable bonds is 2. The first-order valence-corrected chi connectivity index (χ1v) is 8.12. The average molecular weight is 317 g/mol. The fourth-order valence-corrected chi connectivity index (χ4v) is 2.87. The number of β-amino-alcohol motifs (C(OH)–C–C–N with tert-alkyl or cyclic N) is 1. The summed E-state index contributed by atoms with van der Waals surface area (Å²) in [5, 5.41) is 9.55. The molecule has 124 valence electrons. The highest BCUT2D eigenvalue weighted by Crippen LogP contribution is 2.36. The van der Waals surface area contributed by atoms with Crippen LogP contribution in [0.15, 0.2) is 24.3 Å². The maximum atomic E-state index is 12.4. The quantitative estimate of drug-likeness (QED) is 0.833. The highest BCUT2D eigenvalue weighted by atomic mass is 16.7. The summed E-state index contributed by atoms with van der Waals surface area (Å²) in [6.45, 7) is 9.09. The number of aliphatic hydroxyl groups excluding tert-OH is 1. The number of likely N-dealkylation sites (tertiary alicyclic amines) is 1. The van der Waals surface area contributed by atoms with Gasteiger partial charge in [-0.1, -0.05) is 12.1 Å². The van der Waals surface area contributed by atoms with Gasteiger partial charge in [0, 0.05) is 18.7 Å². The van der Waals surface area contributed by atoms with Crippen LogP contribution in [0.1, 0.15) is 44.5 Å². The molecule has 23 heavy (non-hydrogen) atoms. The molecule has 6 heteroatoms. The third-order valence-corrected chi connectivity index (χ3v) is 5.13. The lowest BCUT2D eigenvalue weighted by Gasteiger charge is -2.32. The number of nitrogens with zero attached hydrogens (tertiary/aromatic N) is 1. The van der Waals surface area contributed by atoms with E-state index in [2.05, 4.69) is 0 Å². The maximum absolute atomic E-state index is 12.4. The normalized spacial score (nSPS) is 25.9. The third kappa shape index (κ3) is 3.03. The van der Waals surface area contributed by atoms with E-state index < -0.39 is 13.2 Å². The van der Waals surface area contributed by atoms with Gasteiger partial charge in [0.2, 0.25) is 0 Å². The van der Waals surface area contributed by atoms with E-state index in [1.165, 1.54) is 0 Å². The Labute approximate surface area is 137 Å². The van der Waals surface area contributed by atoms with E-state index in [1.54, 1.807) is 17.0 Å². The van der Waals surface area contributed by atoms with Crippen molar-refractivity contribution >= 4 is 18.5 Å². The first-order chi connectivity index (χ1) is 10.7. The van der Waals surface area contributed by atoms with E-state index in [0.717, 1.165) is 5.46 Å². The lowest BCUT2D eigenvalue weighted by atomic mass is 9.79. The summed E-state index contributed by atoms with van der Waals surface area (Å²) in [7, 11) is -0.419. The zero-order chi connectivity index (χ0) is 16.8. The van der Waals surface area contributed by atoms with Gasteiger partial charge in [-0.3, -0.25) is 4.79 Å². The average Bonchev–Trinajstić information content (AvgIpc) is 3.00. The number of amides is 1. The topological polar surface area (TPSA) is 59.0 Å². The van der Waals surface area contributed by atoms with E-state index in [0.29, 0.717) is 25.1 Å². The van der Waals surface area contributed by atoms with Crippen molar-refractivity contribution in [3.63, 3.8) is 0 Å².